The number of aliphatic hydroxyl groups excluding tert-OH is 2. The molecule has 0 aromatic heterocycles. The van der Waals surface area contributed by atoms with E-state index in [2.05, 4.69) is 5.32 Å². The maximum atomic E-state index is 12.1. The summed E-state index contributed by atoms with van der Waals surface area (Å²) in [6.45, 7) is -0.291. The average molecular weight is 281 g/mol. The molecule has 2 rings (SSSR count). The Labute approximate surface area is 117 Å². The van der Waals surface area contributed by atoms with Gasteiger partial charge >= 0.3 is 0 Å². The van der Waals surface area contributed by atoms with Gasteiger partial charge in [0.2, 0.25) is 0 Å². The van der Waals surface area contributed by atoms with E-state index in [-0.39, 0.29) is 18.9 Å². The lowest BCUT2D eigenvalue weighted by Crippen LogP contribution is -2.56. The highest BCUT2D eigenvalue weighted by Crippen LogP contribution is 2.21. The maximum absolute atomic E-state index is 12.1. The van der Waals surface area contributed by atoms with Crippen LogP contribution in [0.4, 0.5) is 0 Å². The number of amides is 1. The predicted molar refractivity (Wildman–Crippen MR) is 71.1 cm³/mol. The van der Waals surface area contributed by atoms with Crippen LogP contribution in [0.5, 0.6) is 0 Å². The first-order valence-electron chi connectivity index (χ1n) is 6.48. The normalized spacial score (nSPS) is 29.9. The van der Waals surface area contributed by atoms with Gasteiger partial charge in [0.25, 0.3) is 5.91 Å². The molecule has 1 fully saturated rings. The fourth-order valence-corrected chi connectivity index (χ4v) is 2.23. The molecule has 3 N–H and O–H groups in total. The molecule has 6 nitrogen and oxygen atoms in total. The molecule has 1 aliphatic heterocycles. The van der Waals surface area contributed by atoms with Crippen molar-refractivity contribution in [3.63, 3.8) is 0 Å². The van der Waals surface area contributed by atoms with Crippen LogP contribution in [0.25, 0.3) is 0 Å². The Bertz CT molecular complexity index is 438. The standard InChI is InChI=1S/C14H19NO5/c1-19-14-10(7-11(17)12(8-16)20-14)15-13(18)9-5-3-2-4-6-9/h2-6,10-12,14,16-17H,7-8H2,1H3,(H,15,18)/t10-,11+,12-,14-/m1/s1. The number of nitrogens with one attached hydrogen (secondary N) is 1. The summed E-state index contributed by atoms with van der Waals surface area (Å²) < 4.78 is 10.6. The van der Waals surface area contributed by atoms with Gasteiger partial charge in [-0.2, -0.15) is 0 Å². The van der Waals surface area contributed by atoms with Crippen LogP contribution in [-0.2, 0) is 9.47 Å². The number of carbonyl (C=O) groups excluding carboxylic acids is 1. The van der Waals surface area contributed by atoms with Crippen molar-refractivity contribution in [1.82, 2.24) is 5.32 Å². The summed E-state index contributed by atoms with van der Waals surface area (Å²) in [5, 5.41) is 21.7. The third-order valence-corrected chi connectivity index (χ3v) is 3.33. The van der Waals surface area contributed by atoms with Crippen molar-refractivity contribution in [3.8, 4) is 0 Å². The zero-order valence-corrected chi connectivity index (χ0v) is 11.2. The van der Waals surface area contributed by atoms with Crippen LogP contribution in [0.2, 0.25) is 0 Å². The smallest absolute Gasteiger partial charge is 0.251 e. The van der Waals surface area contributed by atoms with Crippen LogP contribution in [0.3, 0.4) is 0 Å². The topological polar surface area (TPSA) is 88.0 Å². The van der Waals surface area contributed by atoms with Crippen molar-refractivity contribution in [2.45, 2.75) is 31.0 Å². The molecular weight excluding hydrogens is 262 g/mol. The van der Waals surface area contributed by atoms with E-state index < -0.39 is 24.5 Å². The molecular formula is C14H19NO5. The van der Waals surface area contributed by atoms with E-state index in [4.69, 9.17) is 14.6 Å². The Morgan fingerprint density at radius 1 is 1.45 bits per heavy atom. The summed E-state index contributed by atoms with van der Waals surface area (Å²) in [4.78, 5) is 12.1. The Kier molecular flexibility index (Phi) is 5.08. The van der Waals surface area contributed by atoms with Crippen LogP contribution in [0.15, 0.2) is 30.3 Å². The van der Waals surface area contributed by atoms with E-state index in [1.165, 1.54) is 7.11 Å². The number of methoxy groups -OCH3 is 1. The molecule has 0 aliphatic carbocycles. The first-order valence-corrected chi connectivity index (χ1v) is 6.48. The number of carbonyl (C=O) groups is 1. The molecule has 6 heteroatoms. The van der Waals surface area contributed by atoms with Crippen LogP contribution >= 0.6 is 0 Å². The molecule has 0 bridgehead atoms. The summed E-state index contributed by atoms with van der Waals surface area (Å²) in [6.07, 6.45) is -1.96. The van der Waals surface area contributed by atoms with E-state index in [1.54, 1.807) is 24.3 Å². The molecule has 0 saturated carbocycles. The number of benzene rings is 1. The minimum absolute atomic E-state index is 0.254. The van der Waals surface area contributed by atoms with E-state index in [9.17, 15) is 9.90 Å². The Morgan fingerprint density at radius 3 is 2.75 bits per heavy atom. The van der Waals surface area contributed by atoms with Gasteiger partial charge in [-0.1, -0.05) is 18.2 Å². The lowest BCUT2D eigenvalue weighted by atomic mass is 10.0. The van der Waals surface area contributed by atoms with E-state index in [0.29, 0.717) is 5.56 Å². The number of ether oxygens (including phenoxy) is 2. The van der Waals surface area contributed by atoms with Crippen LogP contribution < -0.4 is 5.32 Å². The molecule has 4 atom stereocenters. The molecule has 110 valence electrons. The maximum Gasteiger partial charge on any atom is 0.251 e. The van der Waals surface area contributed by atoms with Gasteiger partial charge in [0.15, 0.2) is 6.29 Å². The van der Waals surface area contributed by atoms with Crippen molar-refractivity contribution in [3.05, 3.63) is 35.9 Å². The second kappa shape index (κ2) is 6.81. The third-order valence-electron chi connectivity index (χ3n) is 3.33. The summed E-state index contributed by atoms with van der Waals surface area (Å²) in [5.41, 5.74) is 0.529. The molecule has 0 unspecified atom stereocenters. The van der Waals surface area contributed by atoms with Gasteiger partial charge in [0.05, 0.1) is 18.8 Å². The van der Waals surface area contributed by atoms with Gasteiger partial charge in [0.1, 0.15) is 6.10 Å². The Morgan fingerprint density at radius 2 is 2.15 bits per heavy atom. The first-order chi connectivity index (χ1) is 9.65. The minimum Gasteiger partial charge on any atom is -0.394 e. The predicted octanol–water partition coefficient (Wildman–Crippen LogP) is -0.100. The third kappa shape index (κ3) is 3.34. The van der Waals surface area contributed by atoms with E-state index in [0.717, 1.165) is 0 Å². The molecule has 0 radical (unpaired) electrons. The van der Waals surface area contributed by atoms with Gasteiger partial charge in [-0.15, -0.1) is 0 Å². The second-order valence-corrected chi connectivity index (χ2v) is 4.71. The number of hydrogen-bond donors (Lipinski definition) is 3. The van der Waals surface area contributed by atoms with Crippen molar-refractivity contribution < 1.29 is 24.5 Å². The molecule has 1 aromatic rings. The fourth-order valence-electron chi connectivity index (χ4n) is 2.23. The average Bonchev–Trinajstić information content (AvgIpc) is 2.48. The van der Waals surface area contributed by atoms with Gasteiger partial charge in [-0.25, -0.2) is 0 Å². The highest BCUT2D eigenvalue weighted by molar-refractivity contribution is 5.94. The van der Waals surface area contributed by atoms with Gasteiger partial charge < -0.3 is 25.0 Å². The molecule has 0 spiro atoms. The number of aliphatic hydroxyl groups is 2. The molecule has 1 aliphatic rings. The summed E-state index contributed by atoms with van der Waals surface area (Å²) >= 11 is 0. The highest BCUT2D eigenvalue weighted by atomic mass is 16.7. The van der Waals surface area contributed by atoms with Crippen LogP contribution in [0, 0.1) is 0 Å². The SMILES string of the molecule is CO[C@@H]1O[C@H](CO)[C@@H](O)C[C@H]1NC(=O)c1ccccc1. The lowest BCUT2D eigenvalue weighted by Gasteiger charge is -2.38. The van der Waals surface area contributed by atoms with E-state index >= 15 is 0 Å². The van der Waals surface area contributed by atoms with Crippen LogP contribution in [0.1, 0.15) is 16.8 Å². The molecule has 1 saturated heterocycles. The molecule has 1 aromatic carbocycles. The van der Waals surface area contributed by atoms with Crippen molar-refractivity contribution in [2.75, 3.05) is 13.7 Å². The molecule has 1 heterocycles. The minimum atomic E-state index is -0.840. The zero-order chi connectivity index (χ0) is 14.5. The zero-order valence-electron chi connectivity index (χ0n) is 11.2. The van der Waals surface area contributed by atoms with Crippen molar-refractivity contribution in [2.24, 2.45) is 0 Å². The van der Waals surface area contributed by atoms with Crippen molar-refractivity contribution in [1.29, 1.82) is 0 Å². The molecule has 1 amide bonds. The lowest BCUT2D eigenvalue weighted by molar-refractivity contribution is -0.230. The monoisotopic (exact) mass is 281 g/mol. The van der Waals surface area contributed by atoms with Crippen molar-refractivity contribution >= 4 is 5.91 Å². The van der Waals surface area contributed by atoms with Gasteiger partial charge in [-0.3, -0.25) is 4.79 Å². The summed E-state index contributed by atoms with van der Waals surface area (Å²) in [5.74, 6) is -0.254. The Balaban J connectivity index is 2.02. The van der Waals surface area contributed by atoms with E-state index in [1.807, 2.05) is 6.07 Å². The largest absolute Gasteiger partial charge is 0.394 e. The summed E-state index contributed by atoms with van der Waals surface area (Å²) in [6, 6.07) is 8.31. The quantitative estimate of drug-likeness (QED) is 0.717. The second-order valence-electron chi connectivity index (χ2n) is 4.71. The number of hydrogen-bond acceptors (Lipinski definition) is 5. The number of rotatable bonds is 4. The Hall–Kier alpha value is -1.47. The van der Waals surface area contributed by atoms with Gasteiger partial charge in [-0.05, 0) is 12.1 Å². The highest BCUT2D eigenvalue weighted by Gasteiger charge is 2.37. The summed E-state index contributed by atoms with van der Waals surface area (Å²) in [7, 11) is 1.46. The van der Waals surface area contributed by atoms with Gasteiger partial charge in [0, 0.05) is 19.1 Å². The fraction of sp³-hybridized carbons (Fsp3) is 0.500. The first kappa shape index (κ1) is 14.9. The molecule has 20 heavy (non-hydrogen) atoms. The van der Waals surface area contributed by atoms with Crippen LogP contribution in [-0.4, -0.2) is 54.4 Å².